The molecule has 1 aliphatic rings. The number of rotatable bonds is 6. The third kappa shape index (κ3) is 5.61. The second kappa shape index (κ2) is 9.90. The number of benzene rings is 1. The van der Waals surface area contributed by atoms with Gasteiger partial charge in [0.15, 0.2) is 0 Å². The van der Waals surface area contributed by atoms with Crippen LogP contribution in [0.4, 0.5) is 23.2 Å². The van der Waals surface area contributed by atoms with Crippen molar-refractivity contribution in [3.8, 4) is 0 Å². The molecule has 1 aromatic heterocycles. The molecule has 2 heterocycles. The quantitative estimate of drug-likeness (QED) is 0.402. The van der Waals surface area contributed by atoms with Crippen LogP contribution in [0.15, 0.2) is 53.3 Å². The normalized spacial score (nSPS) is 17.1. The molecule has 0 spiro atoms. The molecule has 1 aliphatic heterocycles. The second-order valence-electron chi connectivity index (χ2n) is 7.13. The summed E-state index contributed by atoms with van der Waals surface area (Å²) in [6, 6.07) is 4.30. The van der Waals surface area contributed by atoms with Crippen molar-refractivity contribution in [3.63, 3.8) is 0 Å². The minimum Gasteiger partial charge on any atom is -0.404 e. The molecule has 7 nitrogen and oxygen atoms in total. The molecule has 1 saturated heterocycles. The highest BCUT2D eigenvalue weighted by atomic mass is 19.4. The number of nitrogens with zero attached hydrogens (tertiary/aromatic N) is 3. The summed E-state index contributed by atoms with van der Waals surface area (Å²) in [4.78, 5) is 35.1. The van der Waals surface area contributed by atoms with Crippen LogP contribution in [-0.2, 0) is 15.7 Å². The standard InChI is InChI=1S/C22H20F4N4O3/c1-33-7-6-30-5-3-18(17(12-27)21(30)32)29-16-2-4-28-19(11-16)20(31)13-8-14(22(24,25)26)10-15(23)9-13/h2,4,8-12H,3,5-7,27H2,1H3. The number of ether oxygens (including phenoxy) is 1. The van der Waals surface area contributed by atoms with Crippen LogP contribution in [0.2, 0.25) is 0 Å². The number of methoxy groups -OCH3 is 1. The number of alkyl halides is 3. The zero-order valence-corrected chi connectivity index (χ0v) is 17.5. The van der Waals surface area contributed by atoms with Crippen molar-refractivity contribution >= 4 is 23.1 Å². The maximum atomic E-state index is 13.7. The number of amides is 1. The number of aromatic nitrogens is 1. The van der Waals surface area contributed by atoms with Gasteiger partial charge >= 0.3 is 6.18 Å². The number of carbonyl (C=O) groups is 2. The molecule has 33 heavy (non-hydrogen) atoms. The molecule has 174 valence electrons. The summed E-state index contributed by atoms with van der Waals surface area (Å²) in [5, 5.41) is 0. The van der Waals surface area contributed by atoms with Crippen LogP contribution in [0.3, 0.4) is 0 Å². The number of halogens is 4. The number of carbonyl (C=O) groups excluding carboxylic acids is 2. The minimum absolute atomic E-state index is 0.196. The Morgan fingerprint density at radius 1 is 1.30 bits per heavy atom. The van der Waals surface area contributed by atoms with E-state index in [9.17, 15) is 27.2 Å². The molecule has 2 aromatic rings. The van der Waals surface area contributed by atoms with E-state index < -0.39 is 28.9 Å². The van der Waals surface area contributed by atoms with Gasteiger partial charge in [0.25, 0.3) is 5.91 Å². The van der Waals surface area contributed by atoms with Gasteiger partial charge in [0.05, 0.1) is 29.1 Å². The van der Waals surface area contributed by atoms with E-state index in [1.54, 1.807) is 4.90 Å². The Hall–Kier alpha value is -3.60. The summed E-state index contributed by atoms with van der Waals surface area (Å²) < 4.78 is 57.6. The molecular formula is C22H20F4N4O3. The van der Waals surface area contributed by atoms with Gasteiger partial charge in [-0.1, -0.05) is 0 Å². The van der Waals surface area contributed by atoms with E-state index in [2.05, 4.69) is 9.98 Å². The van der Waals surface area contributed by atoms with E-state index in [0.29, 0.717) is 50.0 Å². The Bertz CT molecular complexity index is 1130. The van der Waals surface area contributed by atoms with Crippen molar-refractivity contribution in [2.24, 2.45) is 10.7 Å². The summed E-state index contributed by atoms with van der Waals surface area (Å²) >= 11 is 0. The molecule has 0 bridgehead atoms. The third-order valence-electron chi connectivity index (χ3n) is 4.91. The average molecular weight is 464 g/mol. The fourth-order valence-electron chi connectivity index (χ4n) is 3.27. The van der Waals surface area contributed by atoms with Crippen LogP contribution < -0.4 is 5.73 Å². The number of aliphatic imine (C=N–C) groups is 1. The van der Waals surface area contributed by atoms with Crippen LogP contribution >= 0.6 is 0 Å². The lowest BCUT2D eigenvalue weighted by Gasteiger charge is -2.29. The van der Waals surface area contributed by atoms with E-state index in [0.717, 1.165) is 6.20 Å². The zero-order chi connectivity index (χ0) is 24.2. The predicted octanol–water partition coefficient (Wildman–Crippen LogP) is 3.26. The van der Waals surface area contributed by atoms with E-state index in [4.69, 9.17) is 10.5 Å². The van der Waals surface area contributed by atoms with Crippen molar-refractivity contribution < 1.29 is 31.9 Å². The molecular weight excluding hydrogens is 444 g/mol. The van der Waals surface area contributed by atoms with Crippen molar-refractivity contribution in [2.45, 2.75) is 12.6 Å². The Morgan fingerprint density at radius 2 is 2.06 bits per heavy atom. The zero-order valence-electron chi connectivity index (χ0n) is 17.5. The van der Waals surface area contributed by atoms with Crippen molar-refractivity contribution in [3.05, 3.63) is 70.9 Å². The van der Waals surface area contributed by atoms with E-state index >= 15 is 0 Å². The van der Waals surface area contributed by atoms with Crippen molar-refractivity contribution in [2.75, 3.05) is 26.8 Å². The first-order chi connectivity index (χ1) is 15.6. The van der Waals surface area contributed by atoms with Gasteiger partial charge in [0.2, 0.25) is 5.78 Å². The lowest BCUT2D eigenvalue weighted by atomic mass is 10.0. The maximum Gasteiger partial charge on any atom is 0.416 e. The molecule has 0 unspecified atom stereocenters. The van der Waals surface area contributed by atoms with Gasteiger partial charge in [-0.3, -0.25) is 19.6 Å². The molecule has 0 radical (unpaired) electrons. The molecule has 1 amide bonds. The van der Waals surface area contributed by atoms with Crippen LogP contribution in [0.5, 0.6) is 0 Å². The number of nitrogens with two attached hydrogens (primary N) is 1. The highest BCUT2D eigenvalue weighted by Crippen LogP contribution is 2.31. The number of hydrogen-bond donors (Lipinski definition) is 1. The van der Waals surface area contributed by atoms with Crippen LogP contribution in [0.1, 0.15) is 28.0 Å². The number of likely N-dealkylation sites (tertiary alicyclic amines) is 1. The average Bonchev–Trinajstić information content (AvgIpc) is 2.77. The SMILES string of the molecule is COCCN1CCC(=Nc2ccnc(C(=O)c3cc(F)cc(C(F)(F)F)c3)c2)C(=CN)C1=O. The maximum absolute atomic E-state index is 13.7. The number of pyridine rings is 1. The smallest absolute Gasteiger partial charge is 0.404 e. The van der Waals surface area contributed by atoms with Crippen LogP contribution in [0.25, 0.3) is 0 Å². The highest BCUT2D eigenvalue weighted by Gasteiger charge is 2.32. The van der Waals surface area contributed by atoms with Gasteiger partial charge < -0.3 is 15.4 Å². The minimum atomic E-state index is -4.81. The number of piperidine rings is 1. The fourth-order valence-corrected chi connectivity index (χ4v) is 3.27. The Labute approximate surface area is 186 Å². The summed E-state index contributed by atoms with van der Waals surface area (Å²) in [7, 11) is 1.52. The van der Waals surface area contributed by atoms with Gasteiger partial charge in [-0.15, -0.1) is 0 Å². The fraction of sp³-hybridized carbons (Fsp3) is 0.273. The first-order valence-corrected chi connectivity index (χ1v) is 9.80. The first kappa shape index (κ1) is 24.1. The lowest BCUT2D eigenvalue weighted by Crippen LogP contribution is -2.43. The summed E-state index contributed by atoms with van der Waals surface area (Å²) in [5.41, 5.74) is 4.47. The van der Waals surface area contributed by atoms with Gasteiger partial charge in [-0.05, 0) is 30.3 Å². The Balaban J connectivity index is 1.89. The largest absolute Gasteiger partial charge is 0.416 e. The second-order valence-corrected chi connectivity index (χ2v) is 7.13. The summed E-state index contributed by atoms with van der Waals surface area (Å²) in [6.45, 7) is 1.14. The summed E-state index contributed by atoms with van der Waals surface area (Å²) in [6.07, 6.45) is -2.02. The van der Waals surface area contributed by atoms with Crippen molar-refractivity contribution in [1.82, 2.24) is 9.88 Å². The molecule has 0 saturated carbocycles. The predicted molar refractivity (Wildman–Crippen MR) is 112 cm³/mol. The van der Waals surface area contributed by atoms with Crippen molar-refractivity contribution in [1.29, 1.82) is 0 Å². The van der Waals surface area contributed by atoms with Crippen LogP contribution in [-0.4, -0.2) is 54.1 Å². The Morgan fingerprint density at radius 3 is 2.73 bits per heavy atom. The molecule has 1 fully saturated rings. The lowest BCUT2D eigenvalue weighted by molar-refractivity contribution is -0.137. The molecule has 2 N–H and O–H groups in total. The molecule has 0 aliphatic carbocycles. The van der Waals surface area contributed by atoms with E-state index in [1.165, 1.54) is 25.4 Å². The van der Waals surface area contributed by atoms with E-state index in [1.807, 2.05) is 0 Å². The Kier molecular flexibility index (Phi) is 7.22. The van der Waals surface area contributed by atoms with Gasteiger partial charge in [-0.25, -0.2) is 4.39 Å². The summed E-state index contributed by atoms with van der Waals surface area (Å²) in [5.74, 6) is -2.41. The first-order valence-electron chi connectivity index (χ1n) is 9.80. The molecule has 1 aromatic carbocycles. The van der Waals surface area contributed by atoms with Gasteiger partial charge in [0.1, 0.15) is 11.5 Å². The molecule has 0 atom stereocenters. The number of ketones is 1. The topological polar surface area (TPSA) is 97.9 Å². The van der Waals surface area contributed by atoms with Crippen LogP contribution in [0, 0.1) is 5.82 Å². The van der Waals surface area contributed by atoms with Gasteiger partial charge in [0, 0.05) is 44.6 Å². The van der Waals surface area contributed by atoms with E-state index in [-0.39, 0.29) is 22.9 Å². The monoisotopic (exact) mass is 464 g/mol. The molecule has 3 rings (SSSR count). The highest BCUT2D eigenvalue weighted by molar-refractivity contribution is 6.23. The molecule has 11 heteroatoms. The van der Waals surface area contributed by atoms with Gasteiger partial charge in [-0.2, -0.15) is 13.2 Å². The number of hydrogen-bond acceptors (Lipinski definition) is 6. The third-order valence-corrected chi connectivity index (χ3v) is 4.91.